The molecule has 1 aromatic rings. The number of carbonyl (C=O) groups is 1. The van der Waals surface area contributed by atoms with Crippen molar-refractivity contribution < 1.29 is 14.3 Å². The molecular weight excluding hydrogens is 284 g/mol. The number of hydrogen-bond donors (Lipinski definition) is 1. The van der Waals surface area contributed by atoms with Gasteiger partial charge in [-0.3, -0.25) is 0 Å². The molecule has 2 aliphatic rings. The van der Waals surface area contributed by atoms with Crippen LogP contribution in [0.15, 0.2) is 18.7 Å². The minimum Gasteiger partial charge on any atom is -0.378 e. The van der Waals surface area contributed by atoms with Crippen LogP contribution in [0.25, 0.3) is 0 Å². The minimum absolute atomic E-state index is 0.0276. The highest BCUT2D eigenvalue weighted by Crippen LogP contribution is 2.29. The summed E-state index contributed by atoms with van der Waals surface area (Å²) in [5, 5.41) is 2.98. The van der Waals surface area contributed by atoms with E-state index in [0.717, 1.165) is 26.0 Å². The maximum atomic E-state index is 12.4. The summed E-state index contributed by atoms with van der Waals surface area (Å²) in [6.45, 7) is 5.92. The number of morpholine rings is 1. The van der Waals surface area contributed by atoms with Crippen molar-refractivity contribution in [2.75, 3.05) is 32.8 Å². The van der Waals surface area contributed by atoms with Gasteiger partial charge in [-0.05, 0) is 19.8 Å². The topological polar surface area (TPSA) is 68.6 Å². The molecule has 2 aliphatic heterocycles. The maximum Gasteiger partial charge on any atom is 0.317 e. The van der Waals surface area contributed by atoms with Crippen molar-refractivity contribution in [3.63, 3.8) is 0 Å². The zero-order valence-electron chi connectivity index (χ0n) is 13.0. The van der Waals surface area contributed by atoms with E-state index in [2.05, 4.69) is 10.3 Å². The second-order valence-corrected chi connectivity index (χ2v) is 6.18. The lowest BCUT2D eigenvalue weighted by Gasteiger charge is -2.47. The molecule has 1 aromatic heterocycles. The van der Waals surface area contributed by atoms with Crippen LogP contribution in [-0.2, 0) is 16.0 Å². The predicted octanol–water partition coefficient (Wildman–Crippen LogP) is 0.863. The highest BCUT2D eigenvalue weighted by molar-refractivity contribution is 5.74. The number of nitrogens with one attached hydrogen (secondary N) is 1. The fraction of sp³-hybridized carbons (Fsp3) is 0.733. The Bertz CT molecular complexity index is 485. The first-order chi connectivity index (χ1) is 10.7. The fourth-order valence-corrected chi connectivity index (χ4v) is 3.25. The predicted molar refractivity (Wildman–Crippen MR) is 80.5 cm³/mol. The Morgan fingerprint density at radius 1 is 1.55 bits per heavy atom. The third-order valence-electron chi connectivity index (χ3n) is 4.19. The average Bonchev–Trinajstić information content (AvgIpc) is 3.00. The normalized spacial score (nSPS) is 28.8. The van der Waals surface area contributed by atoms with Gasteiger partial charge < -0.3 is 24.3 Å². The number of aromatic nitrogens is 2. The fourth-order valence-electron chi connectivity index (χ4n) is 3.25. The highest BCUT2D eigenvalue weighted by atomic mass is 16.6. The molecule has 0 aliphatic carbocycles. The Hall–Kier alpha value is -1.60. The molecule has 2 saturated heterocycles. The van der Waals surface area contributed by atoms with E-state index in [4.69, 9.17) is 9.47 Å². The van der Waals surface area contributed by atoms with Gasteiger partial charge in [0.15, 0.2) is 0 Å². The molecule has 1 spiro atoms. The lowest BCUT2D eigenvalue weighted by molar-refractivity contribution is -0.188. The third-order valence-corrected chi connectivity index (χ3v) is 4.19. The molecule has 0 saturated carbocycles. The van der Waals surface area contributed by atoms with Crippen LogP contribution in [-0.4, -0.2) is 65.0 Å². The average molecular weight is 308 g/mol. The molecule has 3 rings (SSSR count). The lowest BCUT2D eigenvalue weighted by Crippen LogP contribution is -2.61. The van der Waals surface area contributed by atoms with Gasteiger partial charge in [0, 0.05) is 38.6 Å². The number of nitrogens with zero attached hydrogens (tertiary/aromatic N) is 3. The van der Waals surface area contributed by atoms with Gasteiger partial charge in [0.2, 0.25) is 0 Å². The molecule has 122 valence electrons. The van der Waals surface area contributed by atoms with E-state index in [-0.39, 0.29) is 17.7 Å². The molecular formula is C15H24N4O3. The second kappa shape index (κ2) is 6.66. The van der Waals surface area contributed by atoms with Crippen molar-refractivity contribution in [3.05, 3.63) is 18.7 Å². The van der Waals surface area contributed by atoms with E-state index < -0.39 is 0 Å². The van der Waals surface area contributed by atoms with Gasteiger partial charge in [-0.15, -0.1) is 0 Å². The van der Waals surface area contributed by atoms with Crippen LogP contribution in [0.2, 0.25) is 0 Å². The second-order valence-electron chi connectivity index (χ2n) is 6.18. The van der Waals surface area contributed by atoms with Gasteiger partial charge in [0.05, 0.1) is 25.6 Å². The monoisotopic (exact) mass is 308 g/mol. The first kappa shape index (κ1) is 15.3. The summed E-state index contributed by atoms with van der Waals surface area (Å²) in [6.07, 6.45) is 7.35. The zero-order valence-corrected chi connectivity index (χ0v) is 13.0. The zero-order chi connectivity index (χ0) is 15.4. The Kier molecular flexibility index (Phi) is 4.63. The number of rotatable bonds is 3. The SMILES string of the molecule is C[C@H]1CN(C(=O)NCCn2ccnc2)C[C@@]2(CCCOC2)O1. The quantitative estimate of drug-likeness (QED) is 0.899. The molecule has 0 unspecified atom stereocenters. The third kappa shape index (κ3) is 3.59. The number of amides is 2. The van der Waals surface area contributed by atoms with Gasteiger partial charge in [0.1, 0.15) is 5.60 Å². The molecule has 2 atom stereocenters. The molecule has 1 N–H and O–H groups in total. The molecule has 7 nitrogen and oxygen atoms in total. The van der Waals surface area contributed by atoms with Crippen LogP contribution in [0.3, 0.4) is 0 Å². The number of hydrogen-bond acceptors (Lipinski definition) is 4. The van der Waals surface area contributed by atoms with Crippen molar-refractivity contribution in [1.29, 1.82) is 0 Å². The standard InChI is InChI=1S/C15H24N4O3/c1-13-9-19(10-15(22-13)3-2-8-21-11-15)14(20)17-5-7-18-6-4-16-12-18/h4,6,12-13H,2-3,5,7-11H2,1H3,(H,17,20)/t13-,15+/m0/s1. The van der Waals surface area contributed by atoms with Gasteiger partial charge in [-0.2, -0.15) is 0 Å². The van der Waals surface area contributed by atoms with Crippen LogP contribution < -0.4 is 5.32 Å². The largest absolute Gasteiger partial charge is 0.378 e. The van der Waals surface area contributed by atoms with Crippen LogP contribution in [0.5, 0.6) is 0 Å². The molecule has 2 amide bonds. The summed E-state index contributed by atoms with van der Waals surface area (Å²) in [6, 6.07) is -0.0276. The van der Waals surface area contributed by atoms with E-state index in [1.807, 2.05) is 22.6 Å². The van der Waals surface area contributed by atoms with Crippen molar-refractivity contribution in [1.82, 2.24) is 19.8 Å². The first-order valence-corrected chi connectivity index (χ1v) is 7.91. The van der Waals surface area contributed by atoms with Crippen LogP contribution in [0, 0.1) is 0 Å². The Morgan fingerprint density at radius 2 is 2.45 bits per heavy atom. The highest BCUT2D eigenvalue weighted by Gasteiger charge is 2.42. The summed E-state index contributed by atoms with van der Waals surface area (Å²) < 4.78 is 13.6. The summed E-state index contributed by atoms with van der Waals surface area (Å²) in [7, 11) is 0. The van der Waals surface area contributed by atoms with Crippen molar-refractivity contribution in [3.8, 4) is 0 Å². The maximum absolute atomic E-state index is 12.4. The first-order valence-electron chi connectivity index (χ1n) is 7.91. The Morgan fingerprint density at radius 3 is 3.18 bits per heavy atom. The van der Waals surface area contributed by atoms with Crippen LogP contribution >= 0.6 is 0 Å². The van der Waals surface area contributed by atoms with E-state index in [1.54, 1.807) is 12.5 Å². The Labute approximate surface area is 130 Å². The number of ether oxygens (including phenoxy) is 2. The van der Waals surface area contributed by atoms with Crippen molar-refractivity contribution in [2.45, 2.75) is 38.0 Å². The van der Waals surface area contributed by atoms with Gasteiger partial charge >= 0.3 is 6.03 Å². The van der Waals surface area contributed by atoms with Crippen molar-refractivity contribution >= 4 is 6.03 Å². The lowest BCUT2D eigenvalue weighted by atomic mass is 9.93. The van der Waals surface area contributed by atoms with Gasteiger partial charge in [-0.1, -0.05) is 0 Å². The number of imidazole rings is 1. The van der Waals surface area contributed by atoms with Gasteiger partial charge in [0.25, 0.3) is 0 Å². The Balaban J connectivity index is 1.52. The summed E-state index contributed by atoms with van der Waals surface area (Å²) in [5.41, 5.74) is -0.322. The molecule has 0 bridgehead atoms. The van der Waals surface area contributed by atoms with E-state index in [0.29, 0.717) is 26.2 Å². The molecule has 0 aromatic carbocycles. The summed E-state index contributed by atoms with van der Waals surface area (Å²) >= 11 is 0. The van der Waals surface area contributed by atoms with E-state index in [9.17, 15) is 4.79 Å². The minimum atomic E-state index is -0.322. The number of urea groups is 1. The summed E-state index contributed by atoms with van der Waals surface area (Å²) in [4.78, 5) is 18.2. The smallest absolute Gasteiger partial charge is 0.317 e. The molecule has 7 heteroatoms. The summed E-state index contributed by atoms with van der Waals surface area (Å²) in [5.74, 6) is 0. The molecule has 2 fully saturated rings. The van der Waals surface area contributed by atoms with Crippen LogP contribution in [0.4, 0.5) is 4.79 Å². The number of carbonyl (C=O) groups excluding carboxylic acids is 1. The molecule has 22 heavy (non-hydrogen) atoms. The van der Waals surface area contributed by atoms with Crippen molar-refractivity contribution in [2.24, 2.45) is 0 Å². The van der Waals surface area contributed by atoms with E-state index in [1.165, 1.54) is 0 Å². The molecule has 0 radical (unpaired) electrons. The molecule has 3 heterocycles. The van der Waals surface area contributed by atoms with Crippen LogP contribution in [0.1, 0.15) is 19.8 Å². The van der Waals surface area contributed by atoms with E-state index >= 15 is 0 Å². The van der Waals surface area contributed by atoms with Gasteiger partial charge in [-0.25, -0.2) is 9.78 Å².